The van der Waals surface area contributed by atoms with E-state index in [9.17, 15) is 8.42 Å². The first-order chi connectivity index (χ1) is 8.40. The Bertz CT molecular complexity index is 525. The number of aryl methyl sites for hydroxylation is 2. The molecule has 0 unspecified atom stereocenters. The lowest BCUT2D eigenvalue weighted by atomic mass is 10.1. The Balaban J connectivity index is 2.29. The second-order valence-corrected chi connectivity index (χ2v) is 7.81. The van der Waals surface area contributed by atoms with Crippen LogP contribution in [0.1, 0.15) is 36.8 Å². The van der Waals surface area contributed by atoms with Crippen molar-refractivity contribution in [3.05, 3.63) is 27.7 Å². The topological polar surface area (TPSA) is 46.2 Å². The van der Waals surface area contributed by atoms with Crippen LogP contribution in [0.2, 0.25) is 0 Å². The molecule has 5 heteroatoms. The number of hydrogen-bond donors (Lipinski definition) is 1. The molecule has 0 spiro atoms. The van der Waals surface area contributed by atoms with Crippen molar-refractivity contribution >= 4 is 31.6 Å². The SMILES string of the molecule is Cc1cc(C)c(NS(=O)(=O)C2CCCC2)c(Br)c1. The molecule has 0 amide bonds. The maximum atomic E-state index is 12.3. The summed E-state index contributed by atoms with van der Waals surface area (Å²) in [5.41, 5.74) is 2.74. The minimum atomic E-state index is -3.25. The molecule has 1 aromatic rings. The number of anilines is 1. The first-order valence-electron chi connectivity index (χ1n) is 6.18. The van der Waals surface area contributed by atoms with Gasteiger partial charge in [-0.2, -0.15) is 0 Å². The average Bonchev–Trinajstić information content (AvgIpc) is 2.77. The molecule has 1 fully saturated rings. The largest absolute Gasteiger partial charge is 0.282 e. The van der Waals surface area contributed by atoms with Crippen LogP contribution in [-0.2, 0) is 10.0 Å². The van der Waals surface area contributed by atoms with Crippen LogP contribution in [0, 0.1) is 13.8 Å². The highest BCUT2D eigenvalue weighted by Crippen LogP contribution is 2.32. The predicted molar refractivity (Wildman–Crippen MR) is 78.4 cm³/mol. The quantitative estimate of drug-likeness (QED) is 0.916. The van der Waals surface area contributed by atoms with E-state index in [2.05, 4.69) is 20.7 Å². The highest BCUT2D eigenvalue weighted by molar-refractivity contribution is 9.10. The van der Waals surface area contributed by atoms with Crippen LogP contribution in [0.5, 0.6) is 0 Å². The molecule has 0 aliphatic heterocycles. The van der Waals surface area contributed by atoms with E-state index in [1.54, 1.807) is 0 Å². The molecule has 0 radical (unpaired) electrons. The summed E-state index contributed by atoms with van der Waals surface area (Å²) >= 11 is 3.43. The lowest BCUT2D eigenvalue weighted by molar-refractivity contribution is 0.585. The van der Waals surface area contributed by atoms with Gasteiger partial charge in [0.25, 0.3) is 0 Å². The van der Waals surface area contributed by atoms with Gasteiger partial charge in [-0.3, -0.25) is 4.72 Å². The zero-order valence-electron chi connectivity index (χ0n) is 10.7. The van der Waals surface area contributed by atoms with E-state index in [-0.39, 0.29) is 5.25 Å². The molecule has 100 valence electrons. The molecule has 1 N–H and O–H groups in total. The van der Waals surface area contributed by atoms with Gasteiger partial charge < -0.3 is 0 Å². The lowest BCUT2D eigenvalue weighted by Crippen LogP contribution is -2.25. The molecule has 0 aromatic heterocycles. The minimum absolute atomic E-state index is 0.231. The fourth-order valence-corrected chi connectivity index (χ4v) is 5.05. The Morgan fingerprint density at radius 1 is 1.22 bits per heavy atom. The van der Waals surface area contributed by atoms with Gasteiger partial charge in [0.2, 0.25) is 10.0 Å². The third kappa shape index (κ3) is 2.88. The van der Waals surface area contributed by atoms with Gasteiger partial charge in [0, 0.05) is 4.47 Å². The van der Waals surface area contributed by atoms with Gasteiger partial charge in [-0.25, -0.2) is 8.42 Å². The summed E-state index contributed by atoms with van der Waals surface area (Å²) in [5.74, 6) is 0. The fourth-order valence-electron chi connectivity index (χ4n) is 2.47. The van der Waals surface area contributed by atoms with E-state index in [1.165, 1.54) is 0 Å². The van der Waals surface area contributed by atoms with Gasteiger partial charge in [-0.15, -0.1) is 0 Å². The van der Waals surface area contributed by atoms with Crippen LogP contribution in [-0.4, -0.2) is 13.7 Å². The molecule has 1 saturated carbocycles. The van der Waals surface area contributed by atoms with Crippen molar-refractivity contribution in [1.29, 1.82) is 0 Å². The molecule has 1 aliphatic carbocycles. The average molecular weight is 332 g/mol. The standard InChI is InChI=1S/C13H18BrNO2S/c1-9-7-10(2)13(12(14)8-9)15-18(16,17)11-5-3-4-6-11/h7-8,11,15H,3-6H2,1-2H3. The normalized spacial score (nSPS) is 17.1. The second kappa shape index (κ2) is 5.21. The number of nitrogens with one attached hydrogen (secondary N) is 1. The highest BCUT2D eigenvalue weighted by atomic mass is 79.9. The van der Waals surface area contributed by atoms with Crippen LogP contribution in [0.25, 0.3) is 0 Å². The number of hydrogen-bond acceptors (Lipinski definition) is 2. The molecule has 0 bridgehead atoms. The minimum Gasteiger partial charge on any atom is -0.282 e. The number of sulfonamides is 1. The summed E-state index contributed by atoms with van der Waals surface area (Å²) in [6.07, 6.45) is 3.58. The van der Waals surface area contributed by atoms with Crippen LogP contribution in [0.4, 0.5) is 5.69 Å². The van der Waals surface area contributed by atoms with Crippen molar-refractivity contribution in [3.8, 4) is 0 Å². The maximum absolute atomic E-state index is 12.3. The van der Waals surface area contributed by atoms with Crippen LogP contribution < -0.4 is 4.72 Å². The molecule has 18 heavy (non-hydrogen) atoms. The summed E-state index contributed by atoms with van der Waals surface area (Å²) in [7, 11) is -3.25. The zero-order valence-corrected chi connectivity index (χ0v) is 13.1. The highest BCUT2D eigenvalue weighted by Gasteiger charge is 2.29. The van der Waals surface area contributed by atoms with Gasteiger partial charge in [0.05, 0.1) is 10.9 Å². The summed E-state index contributed by atoms with van der Waals surface area (Å²) in [6.45, 7) is 3.91. The summed E-state index contributed by atoms with van der Waals surface area (Å²) in [4.78, 5) is 0. The van der Waals surface area contributed by atoms with Crippen LogP contribution >= 0.6 is 15.9 Å². The molecule has 1 aliphatic rings. The first kappa shape index (κ1) is 13.9. The molecule has 0 saturated heterocycles. The van der Waals surface area contributed by atoms with E-state index in [0.717, 1.165) is 41.3 Å². The Kier molecular flexibility index (Phi) is 4.02. The second-order valence-electron chi connectivity index (χ2n) is 4.99. The van der Waals surface area contributed by atoms with E-state index in [0.29, 0.717) is 5.69 Å². The van der Waals surface area contributed by atoms with Crippen LogP contribution in [0.15, 0.2) is 16.6 Å². The number of rotatable bonds is 3. The summed E-state index contributed by atoms with van der Waals surface area (Å²) < 4.78 is 28.1. The van der Waals surface area contributed by atoms with Crippen molar-refractivity contribution in [3.63, 3.8) is 0 Å². The van der Waals surface area contributed by atoms with E-state index < -0.39 is 10.0 Å². The van der Waals surface area contributed by atoms with Crippen molar-refractivity contribution in [2.24, 2.45) is 0 Å². The first-order valence-corrected chi connectivity index (χ1v) is 8.52. The molecule has 2 rings (SSSR count). The van der Waals surface area contributed by atoms with Crippen molar-refractivity contribution in [2.45, 2.75) is 44.8 Å². The Morgan fingerprint density at radius 2 is 1.83 bits per heavy atom. The Labute approximate surface area is 117 Å². The zero-order chi connectivity index (χ0) is 13.3. The monoisotopic (exact) mass is 331 g/mol. The van der Waals surface area contributed by atoms with Crippen molar-refractivity contribution in [2.75, 3.05) is 4.72 Å². The van der Waals surface area contributed by atoms with E-state index in [4.69, 9.17) is 0 Å². The van der Waals surface area contributed by atoms with Crippen molar-refractivity contribution < 1.29 is 8.42 Å². The molecule has 0 heterocycles. The van der Waals surface area contributed by atoms with Crippen LogP contribution in [0.3, 0.4) is 0 Å². The molecule has 3 nitrogen and oxygen atoms in total. The molecular formula is C13H18BrNO2S. The number of benzene rings is 1. The van der Waals surface area contributed by atoms with E-state index in [1.807, 2.05) is 26.0 Å². The van der Waals surface area contributed by atoms with Gasteiger partial charge in [0.1, 0.15) is 0 Å². The third-order valence-corrected chi connectivity index (χ3v) is 5.88. The van der Waals surface area contributed by atoms with Gasteiger partial charge in [-0.05, 0) is 59.8 Å². The Morgan fingerprint density at radius 3 is 2.39 bits per heavy atom. The fraction of sp³-hybridized carbons (Fsp3) is 0.538. The van der Waals surface area contributed by atoms with E-state index >= 15 is 0 Å². The molecular weight excluding hydrogens is 314 g/mol. The molecule has 0 atom stereocenters. The maximum Gasteiger partial charge on any atom is 0.235 e. The summed E-state index contributed by atoms with van der Waals surface area (Å²) in [6, 6.07) is 3.91. The summed E-state index contributed by atoms with van der Waals surface area (Å²) in [5, 5.41) is -0.231. The Hall–Kier alpha value is -0.550. The molecule has 1 aromatic carbocycles. The smallest absolute Gasteiger partial charge is 0.235 e. The van der Waals surface area contributed by atoms with Gasteiger partial charge >= 0.3 is 0 Å². The lowest BCUT2D eigenvalue weighted by Gasteiger charge is -2.16. The van der Waals surface area contributed by atoms with Crippen molar-refractivity contribution in [1.82, 2.24) is 0 Å². The van der Waals surface area contributed by atoms with Gasteiger partial charge in [0.15, 0.2) is 0 Å². The predicted octanol–water partition coefficient (Wildman–Crippen LogP) is 3.75. The van der Waals surface area contributed by atoms with Gasteiger partial charge in [-0.1, -0.05) is 18.9 Å². The number of halogens is 1. The third-order valence-electron chi connectivity index (χ3n) is 3.42.